The second-order valence-electron chi connectivity index (χ2n) is 7.41. The summed E-state index contributed by atoms with van der Waals surface area (Å²) in [6.45, 7) is 11.3. The average Bonchev–Trinajstić information content (AvgIpc) is 2.60. The molecule has 0 bridgehead atoms. The molecular formula is C20H32N2O3S. The molecule has 1 heterocycles. The molecule has 26 heavy (non-hydrogen) atoms. The molecule has 1 fully saturated rings. The van der Waals surface area contributed by atoms with E-state index in [2.05, 4.69) is 12.2 Å². The zero-order valence-electron chi connectivity index (χ0n) is 16.7. The Bertz CT molecular complexity index is 738. The van der Waals surface area contributed by atoms with E-state index in [0.29, 0.717) is 37.4 Å². The summed E-state index contributed by atoms with van der Waals surface area (Å²) in [7, 11) is -3.54. The maximum atomic E-state index is 13.2. The van der Waals surface area contributed by atoms with Gasteiger partial charge in [0.05, 0.1) is 4.90 Å². The minimum Gasteiger partial charge on any atom is -0.356 e. The summed E-state index contributed by atoms with van der Waals surface area (Å²) in [4.78, 5) is 12.7. The molecule has 1 amide bonds. The van der Waals surface area contributed by atoms with Gasteiger partial charge in [-0.05, 0) is 69.2 Å². The first-order valence-corrected chi connectivity index (χ1v) is 11.0. The molecule has 6 heteroatoms. The lowest BCUT2D eigenvalue weighted by molar-refractivity contribution is -0.126. The zero-order chi connectivity index (χ0) is 19.5. The summed E-state index contributed by atoms with van der Waals surface area (Å²) in [5.74, 6) is -0.0194. The minimum absolute atomic E-state index is 0.0641. The van der Waals surface area contributed by atoms with E-state index in [1.165, 1.54) is 0 Å². The number of hydrogen-bond acceptors (Lipinski definition) is 3. The molecule has 5 nitrogen and oxygen atoms in total. The van der Waals surface area contributed by atoms with E-state index in [4.69, 9.17) is 0 Å². The van der Waals surface area contributed by atoms with Crippen molar-refractivity contribution >= 4 is 15.9 Å². The Kier molecular flexibility index (Phi) is 6.86. The van der Waals surface area contributed by atoms with E-state index in [9.17, 15) is 13.2 Å². The van der Waals surface area contributed by atoms with Gasteiger partial charge in [-0.1, -0.05) is 19.4 Å². The number of carbonyl (C=O) groups is 1. The molecule has 0 unspecified atom stereocenters. The first kappa shape index (κ1) is 20.9. The molecule has 1 aromatic rings. The molecule has 0 aliphatic carbocycles. The SMILES string of the molecule is CCCCNC(=O)C1CCN(S(=O)(=O)c2c(C)c(C)cc(C)c2C)CC1. The number of nitrogens with one attached hydrogen (secondary N) is 1. The Morgan fingerprint density at radius 2 is 1.65 bits per heavy atom. The second-order valence-corrected chi connectivity index (χ2v) is 9.29. The van der Waals surface area contributed by atoms with Gasteiger partial charge < -0.3 is 5.32 Å². The second kappa shape index (κ2) is 8.53. The highest BCUT2D eigenvalue weighted by atomic mass is 32.2. The van der Waals surface area contributed by atoms with Crippen LogP contribution in [0.5, 0.6) is 0 Å². The monoisotopic (exact) mass is 380 g/mol. The van der Waals surface area contributed by atoms with Crippen molar-refractivity contribution in [1.82, 2.24) is 9.62 Å². The van der Waals surface area contributed by atoms with Gasteiger partial charge in [-0.15, -0.1) is 0 Å². The Labute approximate surface area is 158 Å². The van der Waals surface area contributed by atoms with E-state index in [1.807, 2.05) is 33.8 Å². The summed E-state index contributed by atoms with van der Waals surface area (Å²) >= 11 is 0. The third-order valence-corrected chi connectivity index (χ3v) is 7.72. The first-order chi connectivity index (χ1) is 12.2. The van der Waals surface area contributed by atoms with Crippen LogP contribution >= 0.6 is 0 Å². The number of unbranched alkanes of at least 4 members (excludes halogenated alkanes) is 1. The third-order valence-electron chi connectivity index (χ3n) is 5.55. The highest BCUT2D eigenvalue weighted by Crippen LogP contribution is 2.31. The summed E-state index contributed by atoms with van der Waals surface area (Å²) in [5.41, 5.74) is 3.65. The summed E-state index contributed by atoms with van der Waals surface area (Å²) in [5, 5.41) is 2.96. The van der Waals surface area contributed by atoms with Crippen molar-refractivity contribution in [2.45, 2.75) is 65.2 Å². The van der Waals surface area contributed by atoms with Crippen LogP contribution in [-0.4, -0.2) is 38.3 Å². The van der Waals surface area contributed by atoms with Gasteiger partial charge in [-0.25, -0.2) is 8.42 Å². The highest BCUT2D eigenvalue weighted by Gasteiger charge is 2.34. The lowest BCUT2D eigenvalue weighted by Crippen LogP contribution is -2.43. The molecule has 0 saturated carbocycles. The number of rotatable bonds is 6. The van der Waals surface area contributed by atoms with Crippen LogP contribution in [-0.2, 0) is 14.8 Å². The van der Waals surface area contributed by atoms with Crippen molar-refractivity contribution in [2.24, 2.45) is 5.92 Å². The normalized spacial score (nSPS) is 16.7. The maximum Gasteiger partial charge on any atom is 0.243 e. The summed E-state index contributed by atoms with van der Waals surface area (Å²) in [6, 6.07) is 2.04. The summed E-state index contributed by atoms with van der Waals surface area (Å²) in [6.07, 6.45) is 3.19. The molecule has 1 saturated heterocycles. The zero-order valence-corrected chi connectivity index (χ0v) is 17.5. The number of hydrogen-bond donors (Lipinski definition) is 1. The van der Waals surface area contributed by atoms with Crippen LogP contribution in [0.15, 0.2) is 11.0 Å². The molecule has 0 spiro atoms. The van der Waals surface area contributed by atoms with Crippen molar-refractivity contribution < 1.29 is 13.2 Å². The molecule has 1 N–H and O–H groups in total. The number of sulfonamides is 1. The molecule has 146 valence electrons. The minimum atomic E-state index is -3.54. The van der Waals surface area contributed by atoms with Crippen molar-refractivity contribution in [3.8, 4) is 0 Å². The molecular weight excluding hydrogens is 348 g/mol. The number of amides is 1. The lowest BCUT2D eigenvalue weighted by Gasteiger charge is -2.31. The Morgan fingerprint density at radius 3 is 2.15 bits per heavy atom. The Hall–Kier alpha value is -1.40. The van der Waals surface area contributed by atoms with Crippen LogP contribution in [0.3, 0.4) is 0 Å². The van der Waals surface area contributed by atoms with Gasteiger partial charge in [-0.3, -0.25) is 4.79 Å². The van der Waals surface area contributed by atoms with Crippen LogP contribution < -0.4 is 5.32 Å². The van der Waals surface area contributed by atoms with E-state index >= 15 is 0 Å². The van der Waals surface area contributed by atoms with Gasteiger partial charge in [0.15, 0.2) is 0 Å². The standard InChI is InChI=1S/C20H32N2O3S/c1-6-7-10-21-20(23)18-8-11-22(12-9-18)26(24,25)19-16(4)14(2)13-15(3)17(19)5/h13,18H,6-12H2,1-5H3,(H,21,23). The van der Waals surface area contributed by atoms with Crippen LogP contribution in [0.25, 0.3) is 0 Å². The van der Waals surface area contributed by atoms with E-state index < -0.39 is 10.0 Å². The van der Waals surface area contributed by atoms with Gasteiger partial charge in [0.25, 0.3) is 0 Å². The molecule has 1 aliphatic rings. The van der Waals surface area contributed by atoms with Crippen molar-refractivity contribution in [3.05, 3.63) is 28.3 Å². The average molecular weight is 381 g/mol. The fraction of sp³-hybridized carbons (Fsp3) is 0.650. The van der Waals surface area contributed by atoms with Gasteiger partial charge in [0.1, 0.15) is 0 Å². The van der Waals surface area contributed by atoms with Gasteiger partial charge >= 0.3 is 0 Å². The number of nitrogens with zero attached hydrogens (tertiary/aromatic N) is 1. The predicted molar refractivity (Wildman–Crippen MR) is 105 cm³/mol. The van der Waals surface area contributed by atoms with Crippen molar-refractivity contribution in [3.63, 3.8) is 0 Å². The number of aryl methyl sites for hydroxylation is 2. The van der Waals surface area contributed by atoms with Crippen molar-refractivity contribution in [2.75, 3.05) is 19.6 Å². The number of benzene rings is 1. The summed E-state index contributed by atoms with van der Waals surface area (Å²) < 4.78 is 28.0. The maximum absolute atomic E-state index is 13.2. The molecule has 1 aromatic carbocycles. The van der Waals surface area contributed by atoms with E-state index in [1.54, 1.807) is 4.31 Å². The molecule has 1 aliphatic heterocycles. The molecule has 0 aromatic heterocycles. The smallest absolute Gasteiger partial charge is 0.243 e. The van der Waals surface area contributed by atoms with Gasteiger partial charge in [0.2, 0.25) is 15.9 Å². The van der Waals surface area contributed by atoms with Crippen LogP contribution in [0, 0.1) is 33.6 Å². The largest absolute Gasteiger partial charge is 0.356 e. The Morgan fingerprint density at radius 1 is 1.12 bits per heavy atom. The lowest BCUT2D eigenvalue weighted by atomic mass is 9.97. The van der Waals surface area contributed by atoms with E-state index in [0.717, 1.165) is 35.1 Å². The first-order valence-electron chi connectivity index (χ1n) is 9.55. The quantitative estimate of drug-likeness (QED) is 0.771. The molecule has 0 atom stereocenters. The fourth-order valence-electron chi connectivity index (χ4n) is 3.59. The van der Waals surface area contributed by atoms with Crippen LogP contribution in [0.4, 0.5) is 0 Å². The highest BCUT2D eigenvalue weighted by molar-refractivity contribution is 7.89. The predicted octanol–water partition coefficient (Wildman–Crippen LogP) is 3.24. The van der Waals surface area contributed by atoms with Gasteiger partial charge in [0, 0.05) is 25.6 Å². The van der Waals surface area contributed by atoms with Crippen LogP contribution in [0.1, 0.15) is 54.9 Å². The van der Waals surface area contributed by atoms with E-state index in [-0.39, 0.29) is 11.8 Å². The fourth-order valence-corrected chi connectivity index (χ4v) is 5.63. The number of piperidine rings is 1. The molecule has 0 radical (unpaired) electrons. The topological polar surface area (TPSA) is 66.5 Å². The third kappa shape index (κ3) is 4.29. The van der Waals surface area contributed by atoms with Crippen molar-refractivity contribution in [1.29, 1.82) is 0 Å². The van der Waals surface area contributed by atoms with Crippen LogP contribution in [0.2, 0.25) is 0 Å². The number of carbonyl (C=O) groups excluding carboxylic acids is 1. The van der Waals surface area contributed by atoms with Gasteiger partial charge in [-0.2, -0.15) is 4.31 Å². The Balaban J connectivity index is 2.13. The molecule has 2 rings (SSSR count).